The van der Waals surface area contributed by atoms with Crippen LogP contribution in [0.4, 0.5) is 0 Å². The van der Waals surface area contributed by atoms with E-state index in [1.807, 2.05) is 13.8 Å². The number of esters is 1. The zero-order valence-corrected chi connectivity index (χ0v) is 9.95. The van der Waals surface area contributed by atoms with Crippen LogP contribution in [0.15, 0.2) is 0 Å². The van der Waals surface area contributed by atoms with Gasteiger partial charge >= 0.3 is 5.97 Å². The Kier molecular flexibility index (Phi) is 9.52. The molecule has 0 aliphatic carbocycles. The minimum Gasteiger partial charge on any atom is -0.463 e. The molecule has 0 saturated heterocycles. The van der Waals surface area contributed by atoms with Crippen molar-refractivity contribution >= 4 is 5.97 Å². The van der Waals surface area contributed by atoms with Crippen LogP contribution in [-0.2, 0) is 19.0 Å². The molecule has 0 rings (SSSR count). The monoisotopic (exact) mass is 218 g/mol. The van der Waals surface area contributed by atoms with E-state index >= 15 is 0 Å². The number of rotatable bonds is 9. The smallest absolute Gasteiger partial charge is 0.308 e. The van der Waals surface area contributed by atoms with Crippen molar-refractivity contribution in [3.63, 3.8) is 0 Å². The van der Waals surface area contributed by atoms with E-state index in [0.717, 1.165) is 12.8 Å². The van der Waals surface area contributed by atoms with Gasteiger partial charge in [-0.2, -0.15) is 0 Å². The molecule has 0 atom stereocenters. The van der Waals surface area contributed by atoms with Gasteiger partial charge in [0, 0.05) is 7.11 Å². The maximum atomic E-state index is 11.4. The van der Waals surface area contributed by atoms with Crippen molar-refractivity contribution in [3.05, 3.63) is 0 Å². The fourth-order valence-corrected chi connectivity index (χ4v) is 1.19. The Labute approximate surface area is 91.9 Å². The van der Waals surface area contributed by atoms with Crippen molar-refractivity contribution in [2.75, 3.05) is 33.5 Å². The fourth-order valence-electron chi connectivity index (χ4n) is 1.19. The number of methoxy groups -OCH3 is 1. The predicted octanol–water partition coefficient (Wildman–Crippen LogP) is 1.63. The summed E-state index contributed by atoms with van der Waals surface area (Å²) >= 11 is 0. The van der Waals surface area contributed by atoms with E-state index in [1.165, 1.54) is 0 Å². The van der Waals surface area contributed by atoms with Crippen molar-refractivity contribution in [1.82, 2.24) is 0 Å². The summed E-state index contributed by atoms with van der Waals surface area (Å²) in [6, 6.07) is 0. The lowest BCUT2D eigenvalue weighted by Crippen LogP contribution is -2.19. The molecule has 0 aliphatic rings. The van der Waals surface area contributed by atoms with E-state index in [4.69, 9.17) is 14.2 Å². The minimum absolute atomic E-state index is 0.0315. The van der Waals surface area contributed by atoms with Crippen LogP contribution in [0.25, 0.3) is 0 Å². The first-order chi connectivity index (χ1) is 7.26. The van der Waals surface area contributed by atoms with Crippen molar-refractivity contribution in [2.24, 2.45) is 5.92 Å². The quantitative estimate of drug-likeness (QED) is 0.436. The van der Waals surface area contributed by atoms with Crippen LogP contribution in [0.1, 0.15) is 26.7 Å². The number of hydrogen-bond donors (Lipinski definition) is 0. The highest BCUT2D eigenvalue weighted by molar-refractivity contribution is 5.72. The van der Waals surface area contributed by atoms with Gasteiger partial charge in [-0.15, -0.1) is 0 Å². The average molecular weight is 218 g/mol. The van der Waals surface area contributed by atoms with Gasteiger partial charge in [-0.3, -0.25) is 4.79 Å². The number of carbonyl (C=O) groups is 1. The summed E-state index contributed by atoms with van der Waals surface area (Å²) in [6.07, 6.45) is 1.67. The Bertz CT molecular complexity index is 155. The largest absolute Gasteiger partial charge is 0.463 e. The molecular weight excluding hydrogens is 196 g/mol. The van der Waals surface area contributed by atoms with Crippen molar-refractivity contribution < 1.29 is 19.0 Å². The summed E-state index contributed by atoms with van der Waals surface area (Å²) in [5.74, 6) is -0.0840. The Morgan fingerprint density at radius 3 is 2.20 bits per heavy atom. The summed E-state index contributed by atoms with van der Waals surface area (Å²) in [4.78, 5) is 11.4. The molecule has 90 valence electrons. The summed E-state index contributed by atoms with van der Waals surface area (Å²) < 4.78 is 15.0. The molecule has 0 fully saturated rings. The van der Waals surface area contributed by atoms with Gasteiger partial charge < -0.3 is 14.2 Å². The fraction of sp³-hybridized carbons (Fsp3) is 0.909. The molecule has 0 saturated carbocycles. The number of carbonyl (C=O) groups excluding carboxylic acids is 1. The van der Waals surface area contributed by atoms with Crippen LogP contribution in [0.3, 0.4) is 0 Å². The molecule has 0 unspecified atom stereocenters. The topological polar surface area (TPSA) is 44.8 Å². The Morgan fingerprint density at radius 2 is 1.67 bits per heavy atom. The highest BCUT2D eigenvalue weighted by Crippen LogP contribution is 2.09. The second-order valence-electron chi connectivity index (χ2n) is 3.29. The first kappa shape index (κ1) is 14.4. The lowest BCUT2D eigenvalue weighted by Gasteiger charge is -2.11. The molecule has 0 aromatic carbocycles. The maximum absolute atomic E-state index is 11.4. The second-order valence-corrected chi connectivity index (χ2v) is 3.29. The Hall–Kier alpha value is -0.610. The molecule has 15 heavy (non-hydrogen) atoms. The number of ether oxygens (including phenoxy) is 3. The van der Waals surface area contributed by atoms with Gasteiger partial charge in [0.2, 0.25) is 0 Å². The average Bonchev–Trinajstić information content (AvgIpc) is 2.25. The standard InChI is InChI=1S/C11H22O4/c1-4-10(5-2)11(12)15-9-8-14-7-6-13-3/h10H,4-9H2,1-3H3. The molecule has 0 bridgehead atoms. The van der Waals surface area contributed by atoms with Crippen molar-refractivity contribution in [3.8, 4) is 0 Å². The van der Waals surface area contributed by atoms with E-state index in [-0.39, 0.29) is 11.9 Å². The number of hydrogen-bond acceptors (Lipinski definition) is 4. The Balaban J connectivity index is 3.38. The van der Waals surface area contributed by atoms with Crippen LogP contribution in [-0.4, -0.2) is 39.5 Å². The van der Waals surface area contributed by atoms with Gasteiger partial charge in [0.15, 0.2) is 0 Å². The van der Waals surface area contributed by atoms with E-state index in [9.17, 15) is 4.79 Å². The lowest BCUT2D eigenvalue weighted by molar-refractivity contribution is -0.150. The van der Waals surface area contributed by atoms with E-state index in [0.29, 0.717) is 26.4 Å². The SMILES string of the molecule is CCC(CC)C(=O)OCCOCCOC. The third-order valence-corrected chi connectivity index (χ3v) is 2.22. The molecule has 0 amide bonds. The maximum Gasteiger partial charge on any atom is 0.308 e. The second kappa shape index (κ2) is 9.93. The summed E-state index contributed by atoms with van der Waals surface area (Å²) in [5, 5.41) is 0. The molecule has 0 radical (unpaired) electrons. The Morgan fingerprint density at radius 1 is 1.07 bits per heavy atom. The predicted molar refractivity (Wildman–Crippen MR) is 57.7 cm³/mol. The van der Waals surface area contributed by atoms with E-state index in [2.05, 4.69) is 0 Å². The van der Waals surface area contributed by atoms with Gasteiger partial charge in [0.1, 0.15) is 6.61 Å². The zero-order chi connectivity index (χ0) is 11.5. The van der Waals surface area contributed by atoms with Gasteiger partial charge in [-0.05, 0) is 12.8 Å². The normalized spacial score (nSPS) is 10.7. The summed E-state index contributed by atoms with van der Waals surface area (Å²) in [7, 11) is 1.62. The summed E-state index contributed by atoms with van der Waals surface area (Å²) in [6.45, 7) is 5.86. The van der Waals surface area contributed by atoms with Gasteiger partial charge in [0.05, 0.1) is 25.7 Å². The van der Waals surface area contributed by atoms with E-state index < -0.39 is 0 Å². The third-order valence-electron chi connectivity index (χ3n) is 2.22. The summed E-state index contributed by atoms with van der Waals surface area (Å²) in [5.41, 5.74) is 0. The molecule has 0 aliphatic heterocycles. The van der Waals surface area contributed by atoms with Gasteiger partial charge in [-0.25, -0.2) is 0 Å². The third kappa shape index (κ3) is 7.33. The van der Waals surface area contributed by atoms with Gasteiger partial charge in [-0.1, -0.05) is 13.8 Å². The lowest BCUT2D eigenvalue weighted by atomic mass is 10.0. The van der Waals surface area contributed by atoms with Crippen LogP contribution in [0.5, 0.6) is 0 Å². The molecular formula is C11H22O4. The molecule has 0 spiro atoms. The molecule has 4 heteroatoms. The zero-order valence-electron chi connectivity index (χ0n) is 9.95. The first-order valence-corrected chi connectivity index (χ1v) is 5.49. The van der Waals surface area contributed by atoms with E-state index in [1.54, 1.807) is 7.11 Å². The van der Waals surface area contributed by atoms with Crippen molar-refractivity contribution in [1.29, 1.82) is 0 Å². The van der Waals surface area contributed by atoms with Crippen LogP contribution < -0.4 is 0 Å². The van der Waals surface area contributed by atoms with Crippen LogP contribution in [0, 0.1) is 5.92 Å². The first-order valence-electron chi connectivity index (χ1n) is 5.49. The van der Waals surface area contributed by atoms with Crippen LogP contribution in [0.2, 0.25) is 0 Å². The highest BCUT2D eigenvalue weighted by atomic mass is 16.6. The van der Waals surface area contributed by atoms with Gasteiger partial charge in [0.25, 0.3) is 0 Å². The molecule has 0 N–H and O–H groups in total. The molecule has 0 aromatic rings. The van der Waals surface area contributed by atoms with Crippen molar-refractivity contribution in [2.45, 2.75) is 26.7 Å². The highest BCUT2D eigenvalue weighted by Gasteiger charge is 2.14. The molecule has 4 nitrogen and oxygen atoms in total. The minimum atomic E-state index is -0.115. The van der Waals surface area contributed by atoms with Crippen LogP contribution >= 0.6 is 0 Å². The molecule has 0 heterocycles. The molecule has 0 aromatic heterocycles.